The molecule has 0 radical (unpaired) electrons. The number of aromatic nitrogens is 3. The molecule has 0 atom stereocenters. The van der Waals surface area contributed by atoms with Crippen molar-refractivity contribution in [1.29, 1.82) is 0 Å². The zero-order valence-corrected chi connectivity index (χ0v) is 17.2. The molecule has 3 aromatic heterocycles. The van der Waals surface area contributed by atoms with Gasteiger partial charge in [0.2, 0.25) is 0 Å². The number of ether oxygens (including phenoxy) is 1. The van der Waals surface area contributed by atoms with Gasteiger partial charge in [0.25, 0.3) is 0 Å². The Labute approximate surface area is 184 Å². The van der Waals surface area contributed by atoms with Crippen LogP contribution in [0.5, 0.6) is 5.75 Å². The molecular formula is C26H20N4O2. The van der Waals surface area contributed by atoms with Crippen molar-refractivity contribution in [3.8, 4) is 5.75 Å². The van der Waals surface area contributed by atoms with Crippen molar-refractivity contribution >= 4 is 28.3 Å². The summed E-state index contributed by atoms with van der Waals surface area (Å²) in [6.07, 6.45) is 4.96. The summed E-state index contributed by atoms with van der Waals surface area (Å²) >= 11 is 0. The first-order valence-corrected chi connectivity index (χ1v) is 10.2. The third kappa shape index (κ3) is 4.20. The number of anilines is 2. The Bertz CT molecular complexity index is 1360. The summed E-state index contributed by atoms with van der Waals surface area (Å²) in [5.74, 6) is 1.31. The molecule has 0 fully saturated rings. The van der Waals surface area contributed by atoms with Gasteiger partial charge in [-0.1, -0.05) is 36.4 Å². The highest BCUT2D eigenvalue weighted by atomic mass is 16.5. The highest BCUT2D eigenvalue weighted by Gasteiger charge is 2.15. The van der Waals surface area contributed by atoms with Gasteiger partial charge in [-0.05, 0) is 42.0 Å². The SMILES string of the molecule is O=C(c1ccc(Nc2cccc(OCc3ccccc3)c2)nc1)c1c[nH]c2ncccc12. The maximum atomic E-state index is 12.9. The molecule has 6 nitrogen and oxygen atoms in total. The van der Waals surface area contributed by atoms with Crippen LogP contribution in [-0.2, 0) is 6.61 Å². The van der Waals surface area contributed by atoms with Crippen LogP contribution in [0.25, 0.3) is 11.0 Å². The molecule has 6 heteroatoms. The molecule has 0 amide bonds. The fraction of sp³-hybridized carbons (Fsp3) is 0.0385. The lowest BCUT2D eigenvalue weighted by atomic mass is 10.1. The van der Waals surface area contributed by atoms with Gasteiger partial charge in [-0.3, -0.25) is 4.79 Å². The van der Waals surface area contributed by atoms with E-state index >= 15 is 0 Å². The molecule has 5 aromatic rings. The molecule has 0 aliphatic carbocycles. The average molecular weight is 420 g/mol. The van der Waals surface area contributed by atoms with Gasteiger partial charge in [0.15, 0.2) is 5.78 Å². The van der Waals surface area contributed by atoms with Crippen molar-refractivity contribution in [3.63, 3.8) is 0 Å². The largest absolute Gasteiger partial charge is 0.489 e. The maximum absolute atomic E-state index is 12.9. The average Bonchev–Trinajstić information content (AvgIpc) is 3.28. The second-order valence-corrected chi connectivity index (χ2v) is 7.29. The summed E-state index contributed by atoms with van der Waals surface area (Å²) in [4.78, 5) is 24.6. The van der Waals surface area contributed by atoms with E-state index in [0.29, 0.717) is 29.2 Å². The fourth-order valence-electron chi connectivity index (χ4n) is 3.45. The normalized spacial score (nSPS) is 10.8. The zero-order chi connectivity index (χ0) is 21.8. The van der Waals surface area contributed by atoms with Crippen molar-refractivity contribution < 1.29 is 9.53 Å². The van der Waals surface area contributed by atoms with Crippen LogP contribution >= 0.6 is 0 Å². The summed E-state index contributed by atoms with van der Waals surface area (Å²) in [7, 11) is 0. The molecule has 0 aliphatic rings. The molecule has 0 aliphatic heterocycles. The Balaban J connectivity index is 1.27. The Morgan fingerprint density at radius 2 is 1.84 bits per heavy atom. The first-order valence-electron chi connectivity index (χ1n) is 10.2. The molecule has 0 bridgehead atoms. The van der Waals surface area contributed by atoms with Crippen molar-refractivity contribution in [2.75, 3.05) is 5.32 Å². The maximum Gasteiger partial charge on any atom is 0.196 e. The lowest BCUT2D eigenvalue weighted by Gasteiger charge is -2.10. The van der Waals surface area contributed by atoms with E-state index in [2.05, 4.69) is 20.3 Å². The number of H-pyrrole nitrogens is 1. The van der Waals surface area contributed by atoms with Crippen molar-refractivity contribution in [2.45, 2.75) is 6.61 Å². The number of rotatable bonds is 7. The van der Waals surface area contributed by atoms with E-state index < -0.39 is 0 Å². The Hall–Kier alpha value is -4.45. The number of nitrogens with zero attached hydrogens (tertiary/aromatic N) is 2. The van der Waals surface area contributed by atoms with Crippen molar-refractivity contribution in [2.24, 2.45) is 0 Å². The third-order valence-electron chi connectivity index (χ3n) is 5.08. The first-order chi connectivity index (χ1) is 15.8. The van der Waals surface area contributed by atoms with Gasteiger partial charge in [0.05, 0.1) is 0 Å². The summed E-state index contributed by atoms with van der Waals surface area (Å²) in [5.41, 5.74) is 3.75. The number of carbonyl (C=O) groups excluding carboxylic acids is 1. The number of hydrogen-bond donors (Lipinski definition) is 2. The molecule has 0 saturated heterocycles. The van der Waals surface area contributed by atoms with E-state index in [4.69, 9.17) is 4.74 Å². The number of aromatic amines is 1. The summed E-state index contributed by atoms with van der Waals surface area (Å²) in [6.45, 7) is 0.503. The molecule has 5 rings (SSSR count). The molecule has 0 spiro atoms. The third-order valence-corrected chi connectivity index (χ3v) is 5.08. The lowest BCUT2D eigenvalue weighted by Crippen LogP contribution is -2.02. The molecule has 0 saturated carbocycles. The van der Waals surface area contributed by atoms with Crippen LogP contribution in [0.1, 0.15) is 21.5 Å². The van der Waals surface area contributed by atoms with E-state index in [1.807, 2.05) is 66.7 Å². The molecule has 0 unspecified atom stereocenters. The van der Waals surface area contributed by atoms with Crippen LogP contribution in [0.2, 0.25) is 0 Å². The van der Waals surface area contributed by atoms with E-state index in [9.17, 15) is 4.79 Å². The quantitative estimate of drug-likeness (QED) is 0.339. The second kappa shape index (κ2) is 8.73. The summed E-state index contributed by atoms with van der Waals surface area (Å²) in [6, 6.07) is 25.0. The monoisotopic (exact) mass is 420 g/mol. The van der Waals surface area contributed by atoms with E-state index in [-0.39, 0.29) is 5.78 Å². The minimum absolute atomic E-state index is 0.0976. The number of ketones is 1. The number of carbonyl (C=O) groups is 1. The highest BCUT2D eigenvalue weighted by molar-refractivity contribution is 6.15. The highest BCUT2D eigenvalue weighted by Crippen LogP contribution is 2.23. The molecule has 2 N–H and O–H groups in total. The van der Waals surface area contributed by atoms with Gasteiger partial charge in [0, 0.05) is 46.9 Å². The molecule has 3 heterocycles. The molecule has 32 heavy (non-hydrogen) atoms. The minimum atomic E-state index is -0.0976. The van der Waals surface area contributed by atoms with Gasteiger partial charge >= 0.3 is 0 Å². The topological polar surface area (TPSA) is 79.9 Å². The predicted octanol–water partition coefficient (Wildman–Crippen LogP) is 5.51. The summed E-state index contributed by atoms with van der Waals surface area (Å²) in [5, 5.41) is 4.05. The summed E-state index contributed by atoms with van der Waals surface area (Å²) < 4.78 is 5.88. The smallest absolute Gasteiger partial charge is 0.196 e. The fourth-order valence-corrected chi connectivity index (χ4v) is 3.45. The van der Waals surface area contributed by atoms with Gasteiger partial charge in [-0.25, -0.2) is 9.97 Å². The van der Waals surface area contributed by atoms with E-state index in [1.165, 1.54) is 0 Å². The molecular weight excluding hydrogens is 400 g/mol. The van der Waals surface area contributed by atoms with Gasteiger partial charge in [0.1, 0.15) is 23.8 Å². The zero-order valence-electron chi connectivity index (χ0n) is 17.2. The van der Waals surface area contributed by atoms with Crippen molar-refractivity contribution in [1.82, 2.24) is 15.0 Å². The van der Waals surface area contributed by atoms with E-state index in [1.54, 1.807) is 30.7 Å². The minimum Gasteiger partial charge on any atom is -0.489 e. The van der Waals surface area contributed by atoms with Gasteiger partial charge < -0.3 is 15.0 Å². The standard InChI is InChI=1S/C26H20N4O2/c31-25(23-16-29-26-22(23)10-5-13-27-26)19-11-12-24(28-15-19)30-20-8-4-9-21(14-20)32-17-18-6-2-1-3-7-18/h1-16H,17H2,(H,27,29)(H,28,30). The second-order valence-electron chi connectivity index (χ2n) is 7.29. The number of fused-ring (bicyclic) bond motifs is 1. The number of pyridine rings is 2. The molecule has 2 aromatic carbocycles. The van der Waals surface area contributed by atoms with Gasteiger partial charge in [-0.2, -0.15) is 0 Å². The van der Waals surface area contributed by atoms with Crippen LogP contribution in [0.4, 0.5) is 11.5 Å². The van der Waals surface area contributed by atoms with Crippen molar-refractivity contribution in [3.05, 3.63) is 114 Å². The van der Waals surface area contributed by atoms with E-state index in [0.717, 1.165) is 22.4 Å². The number of hydrogen-bond acceptors (Lipinski definition) is 5. The van der Waals surface area contributed by atoms with Crippen LogP contribution in [-0.4, -0.2) is 20.7 Å². The Kier molecular flexibility index (Phi) is 5.32. The predicted molar refractivity (Wildman–Crippen MR) is 124 cm³/mol. The lowest BCUT2D eigenvalue weighted by molar-refractivity contribution is 0.104. The molecule has 156 valence electrons. The first kappa shape index (κ1) is 19.5. The number of nitrogens with one attached hydrogen (secondary N) is 2. The van der Waals surface area contributed by atoms with Gasteiger partial charge in [-0.15, -0.1) is 0 Å². The Morgan fingerprint density at radius 3 is 2.69 bits per heavy atom. The number of benzene rings is 2. The van der Waals surface area contributed by atoms with Crippen LogP contribution in [0.3, 0.4) is 0 Å². The van der Waals surface area contributed by atoms with Crippen LogP contribution in [0, 0.1) is 0 Å². The van der Waals surface area contributed by atoms with Crippen LogP contribution < -0.4 is 10.1 Å². The Morgan fingerprint density at radius 1 is 0.938 bits per heavy atom. The van der Waals surface area contributed by atoms with Crippen LogP contribution in [0.15, 0.2) is 97.5 Å².